The van der Waals surface area contributed by atoms with Gasteiger partial charge in [-0.25, -0.2) is 9.50 Å². The Morgan fingerprint density at radius 2 is 1.87 bits per heavy atom. The molecule has 3 aromatic heterocycles. The number of aromatic nitrogens is 4. The standard InChI is InChI=1S/C25H26ClN5/c1-18-24(21-8-11-27-12-9-21)25-28-23(10-14-31(25)29-18)15-20-3-2-13-30(17-20)16-19-4-6-22(26)7-5-19/h4-12,14,20H,2-3,13,15-17H2,1H3. The van der Waals surface area contributed by atoms with Gasteiger partial charge in [-0.15, -0.1) is 0 Å². The molecule has 0 bridgehead atoms. The zero-order valence-corrected chi connectivity index (χ0v) is 18.5. The largest absolute Gasteiger partial charge is 0.299 e. The van der Waals surface area contributed by atoms with Crippen LogP contribution in [0.25, 0.3) is 16.8 Å². The van der Waals surface area contributed by atoms with Gasteiger partial charge in [-0.05, 0) is 80.1 Å². The first-order valence-electron chi connectivity index (χ1n) is 10.9. The van der Waals surface area contributed by atoms with Gasteiger partial charge in [0.2, 0.25) is 0 Å². The van der Waals surface area contributed by atoms with Gasteiger partial charge >= 0.3 is 0 Å². The molecule has 1 fully saturated rings. The lowest BCUT2D eigenvalue weighted by molar-refractivity contribution is 0.166. The van der Waals surface area contributed by atoms with Crippen molar-refractivity contribution in [2.45, 2.75) is 32.7 Å². The second kappa shape index (κ2) is 8.77. The number of likely N-dealkylation sites (tertiary alicyclic amines) is 1. The fourth-order valence-corrected chi connectivity index (χ4v) is 4.78. The van der Waals surface area contributed by atoms with Gasteiger partial charge in [0, 0.05) is 48.0 Å². The van der Waals surface area contributed by atoms with Crippen LogP contribution >= 0.6 is 11.6 Å². The summed E-state index contributed by atoms with van der Waals surface area (Å²) in [5.74, 6) is 0.615. The zero-order valence-electron chi connectivity index (χ0n) is 17.7. The maximum Gasteiger partial charge on any atom is 0.163 e. The van der Waals surface area contributed by atoms with E-state index in [1.54, 1.807) is 0 Å². The lowest BCUT2D eigenvalue weighted by atomic mass is 9.93. The Morgan fingerprint density at radius 1 is 1.06 bits per heavy atom. The molecule has 5 nitrogen and oxygen atoms in total. The smallest absolute Gasteiger partial charge is 0.163 e. The van der Waals surface area contributed by atoms with E-state index < -0.39 is 0 Å². The molecule has 1 atom stereocenters. The van der Waals surface area contributed by atoms with Crippen LogP contribution in [0.4, 0.5) is 0 Å². The van der Waals surface area contributed by atoms with Gasteiger partial charge in [-0.3, -0.25) is 9.88 Å². The van der Waals surface area contributed by atoms with Gasteiger partial charge in [0.15, 0.2) is 5.65 Å². The van der Waals surface area contributed by atoms with Crippen LogP contribution in [0.1, 0.15) is 29.8 Å². The summed E-state index contributed by atoms with van der Waals surface area (Å²) in [4.78, 5) is 11.7. The van der Waals surface area contributed by atoms with Gasteiger partial charge in [0.1, 0.15) is 0 Å². The van der Waals surface area contributed by atoms with Crippen molar-refractivity contribution in [1.29, 1.82) is 0 Å². The van der Waals surface area contributed by atoms with Crippen LogP contribution in [0.3, 0.4) is 0 Å². The third kappa shape index (κ3) is 4.48. The van der Waals surface area contributed by atoms with E-state index in [-0.39, 0.29) is 0 Å². The van der Waals surface area contributed by atoms with E-state index in [1.165, 1.54) is 18.4 Å². The van der Waals surface area contributed by atoms with Gasteiger partial charge in [-0.2, -0.15) is 5.10 Å². The molecule has 4 aromatic rings. The van der Waals surface area contributed by atoms with E-state index in [1.807, 2.05) is 54.3 Å². The highest BCUT2D eigenvalue weighted by molar-refractivity contribution is 6.30. The predicted octanol–water partition coefficient (Wildman–Crippen LogP) is 5.21. The molecule has 5 rings (SSSR count). The van der Waals surface area contributed by atoms with Crippen molar-refractivity contribution in [3.05, 3.63) is 83.0 Å². The molecule has 4 heterocycles. The summed E-state index contributed by atoms with van der Waals surface area (Å²) in [5, 5.41) is 5.45. The number of benzene rings is 1. The number of pyridine rings is 1. The minimum atomic E-state index is 0.615. The van der Waals surface area contributed by atoms with E-state index in [0.717, 1.165) is 59.2 Å². The minimum absolute atomic E-state index is 0.615. The molecule has 0 aliphatic carbocycles. The zero-order chi connectivity index (χ0) is 21.2. The number of piperidine rings is 1. The first-order chi connectivity index (χ1) is 15.2. The van der Waals surface area contributed by atoms with E-state index in [2.05, 4.69) is 33.2 Å². The molecule has 0 N–H and O–H groups in total. The van der Waals surface area contributed by atoms with E-state index in [9.17, 15) is 0 Å². The number of hydrogen-bond acceptors (Lipinski definition) is 4. The summed E-state index contributed by atoms with van der Waals surface area (Å²) in [6, 6.07) is 14.4. The van der Waals surface area contributed by atoms with Gasteiger partial charge in [0.25, 0.3) is 0 Å². The van der Waals surface area contributed by atoms with E-state index in [0.29, 0.717) is 5.92 Å². The molecule has 0 amide bonds. The van der Waals surface area contributed by atoms with E-state index in [4.69, 9.17) is 16.6 Å². The average molecular weight is 432 g/mol. The normalized spacial score (nSPS) is 17.3. The van der Waals surface area contributed by atoms with Crippen molar-refractivity contribution in [2.24, 2.45) is 5.92 Å². The van der Waals surface area contributed by atoms with Crippen molar-refractivity contribution in [3.8, 4) is 11.1 Å². The van der Waals surface area contributed by atoms with Gasteiger partial charge < -0.3 is 0 Å². The molecule has 0 saturated carbocycles. The lowest BCUT2D eigenvalue weighted by Gasteiger charge is -2.32. The Bertz CT molecular complexity index is 1170. The SMILES string of the molecule is Cc1nn2ccc(CC3CCCN(Cc4ccc(Cl)cc4)C3)nc2c1-c1ccncc1. The molecule has 158 valence electrons. The number of nitrogens with zero attached hydrogens (tertiary/aromatic N) is 5. The topological polar surface area (TPSA) is 46.3 Å². The summed E-state index contributed by atoms with van der Waals surface area (Å²) in [5.41, 5.74) is 6.58. The number of hydrogen-bond donors (Lipinski definition) is 0. The van der Waals surface area contributed by atoms with Crippen molar-refractivity contribution < 1.29 is 0 Å². The molecule has 1 saturated heterocycles. The molecule has 31 heavy (non-hydrogen) atoms. The second-order valence-corrected chi connectivity index (χ2v) is 8.89. The molecule has 1 aromatic carbocycles. The molecule has 1 aliphatic heterocycles. The lowest BCUT2D eigenvalue weighted by Crippen LogP contribution is -2.35. The van der Waals surface area contributed by atoms with Gasteiger partial charge in [-0.1, -0.05) is 23.7 Å². The molecule has 1 aliphatic rings. The van der Waals surface area contributed by atoms with Crippen LogP contribution in [0, 0.1) is 12.8 Å². The van der Waals surface area contributed by atoms with Crippen LogP contribution in [0.2, 0.25) is 5.02 Å². The van der Waals surface area contributed by atoms with Gasteiger partial charge in [0.05, 0.1) is 5.69 Å². The van der Waals surface area contributed by atoms with Crippen LogP contribution in [0.15, 0.2) is 61.1 Å². The Morgan fingerprint density at radius 3 is 2.68 bits per heavy atom. The van der Waals surface area contributed by atoms with Crippen molar-refractivity contribution in [3.63, 3.8) is 0 Å². The van der Waals surface area contributed by atoms with Crippen LogP contribution in [-0.2, 0) is 13.0 Å². The summed E-state index contributed by atoms with van der Waals surface area (Å²) < 4.78 is 1.89. The maximum atomic E-state index is 6.03. The van der Waals surface area contributed by atoms with Crippen molar-refractivity contribution >= 4 is 17.2 Å². The predicted molar refractivity (Wildman–Crippen MR) is 124 cm³/mol. The minimum Gasteiger partial charge on any atom is -0.299 e. The number of aryl methyl sites for hydroxylation is 1. The molecular weight excluding hydrogens is 406 g/mol. The first-order valence-corrected chi connectivity index (χ1v) is 11.3. The van der Waals surface area contributed by atoms with Crippen LogP contribution in [0.5, 0.6) is 0 Å². The number of halogens is 1. The number of rotatable bonds is 5. The summed E-state index contributed by atoms with van der Waals surface area (Å²) >= 11 is 6.03. The summed E-state index contributed by atoms with van der Waals surface area (Å²) in [7, 11) is 0. The summed E-state index contributed by atoms with van der Waals surface area (Å²) in [6.07, 6.45) is 9.16. The molecule has 0 spiro atoms. The third-order valence-corrected chi connectivity index (χ3v) is 6.36. The summed E-state index contributed by atoms with van der Waals surface area (Å²) in [6.45, 7) is 5.28. The highest BCUT2D eigenvalue weighted by Gasteiger charge is 2.21. The van der Waals surface area contributed by atoms with Crippen molar-refractivity contribution in [2.75, 3.05) is 13.1 Å². The molecule has 1 unspecified atom stereocenters. The molecule has 0 radical (unpaired) electrons. The molecule has 6 heteroatoms. The third-order valence-electron chi connectivity index (χ3n) is 6.11. The fourth-order valence-electron chi connectivity index (χ4n) is 4.65. The van der Waals surface area contributed by atoms with Crippen LogP contribution in [-0.4, -0.2) is 37.6 Å². The maximum absolute atomic E-state index is 6.03. The van der Waals surface area contributed by atoms with Crippen LogP contribution < -0.4 is 0 Å². The highest BCUT2D eigenvalue weighted by atomic mass is 35.5. The number of fused-ring (bicyclic) bond motifs is 1. The van der Waals surface area contributed by atoms with E-state index >= 15 is 0 Å². The first kappa shape index (κ1) is 20.2. The quantitative estimate of drug-likeness (QED) is 0.435. The Labute approximate surface area is 187 Å². The Hall–Kier alpha value is -2.76. The average Bonchev–Trinajstić information content (AvgIpc) is 3.11. The highest BCUT2D eigenvalue weighted by Crippen LogP contribution is 2.28. The Balaban J connectivity index is 1.33. The molecular formula is C25H26ClN5. The second-order valence-electron chi connectivity index (χ2n) is 8.46. The van der Waals surface area contributed by atoms with Crippen molar-refractivity contribution in [1.82, 2.24) is 24.5 Å². The Kier molecular flexibility index (Phi) is 5.70. The fraction of sp³-hybridized carbons (Fsp3) is 0.320. The monoisotopic (exact) mass is 431 g/mol.